The summed E-state index contributed by atoms with van der Waals surface area (Å²) in [6.45, 7) is -4.82. The monoisotopic (exact) mass is 216 g/mol. The Balaban J connectivity index is 2.77. The third-order valence-electron chi connectivity index (χ3n) is 1.91. The summed E-state index contributed by atoms with van der Waals surface area (Å²) in [6.07, 6.45) is -0.909. The first kappa shape index (κ1) is 11.6. The van der Waals surface area contributed by atoms with Crippen molar-refractivity contribution in [3.8, 4) is 0 Å². The van der Waals surface area contributed by atoms with E-state index in [1.807, 2.05) is 0 Å². The number of rotatable bonds is 3. The van der Waals surface area contributed by atoms with Crippen LogP contribution in [-0.2, 0) is 6.32 Å². The van der Waals surface area contributed by atoms with Gasteiger partial charge in [-0.15, -0.1) is 0 Å². The molecule has 15 heavy (non-hydrogen) atoms. The van der Waals surface area contributed by atoms with Crippen LogP contribution in [0.1, 0.15) is 15.9 Å². The highest BCUT2D eigenvalue weighted by atomic mass is 19.4. The highest BCUT2D eigenvalue weighted by Crippen LogP contribution is 2.16. The van der Waals surface area contributed by atoms with Crippen molar-refractivity contribution < 1.29 is 17.7 Å². The third kappa shape index (κ3) is 3.65. The van der Waals surface area contributed by atoms with Crippen molar-refractivity contribution in [2.45, 2.75) is 6.32 Å². The molecule has 1 aromatic rings. The van der Waals surface area contributed by atoms with Crippen molar-refractivity contribution in [3.05, 3.63) is 35.4 Å². The Morgan fingerprint density at radius 1 is 1.27 bits per heavy atom. The molecule has 0 saturated carbocycles. The zero-order chi connectivity index (χ0) is 11.5. The number of hydrogen-bond donors (Lipinski definition) is 1. The van der Waals surface area contributed by atoms with Gasteiger partial charge in [0.1, 0.15) is 0 Å². The molecule has 1 N–H and O–H groups in total. The van der Waals surface area contributed by atoms with Gasteiger partial charge in [0, 0.05) is 12.6 Å². The van der Waals surface area contributed by atoms with Gasteiger partial charge in [0.05, 0.1) is 0 Å². The smallest absolute Gasteiger partial charge is 0.449 e. The molecule has 2 nitrogen and oxygen atoms in total. The number of carbonyl (C=O) groups excluding carboxylic acids is 1. The van der Waals surface area contributed by atoms with Crippen LogP contribution in [0.25, 0.3) is 0 Å². The van der Waals surface area contributed by atoms with Gasteiger partial charge in [0.15, 0.2) is 0 Å². The Labute approximate surface area is 85.5 Å². The Hall–Kier alpha value is -1.46. The van der Waals surface area contributed by atoms with Crippen LogP contribution in [0.15, 0.2) is 24.3 Å². The highest BCUT2D eigenvalue weighted by Gasteiger charge is 2.22. The minimum absolute atomic E-state index is 0.176. The summed E-state index contributed by atoms with van der Waals surface area (Å²) in [7, 11) is 1.47. The minimum Gasteiger partial charge on any atom is -0.449 e. The van der Waals surface area contributed by atoms with E-state index < -0.39 is 13.3 Å². The maximum Gasteiger partial charge on any atom is 0.482 e. The zero-order valence-corrected chi connectivity index (χ0v) is 8.14. The first-order chi connectivity index (χ1) is 6.92. The molecule has 0 aliphatic heterocycles. The number of nitrogens with one attached hydrogen (secondary N) is 1. The van der Waals surface area contributed by atoms with E-state index in [9.17, 15) is 17.7 Å². The maximum absolute atomic E-state index is 12.0. The van der Waals surface area contributed by atoms with Crippen molar-refractivity contribution >= 4 is 12.9 Å². The number of carbonyl (C=O) groups is 1. The molecular weight excluding hydrogens is 206 g/mol. The van der Waals surface area contributed by atoms with Crippen molar-refractivity contribution in [1.82, 2.24) is 5.32 Å². The summed E-state index contributed by atoms with van der Waals surface area (Å²) < 4.78 is 36.1. The van der Waals surface area contributed by atoms with Gasteiger partial charge in [-0.25, -0.2) is 0 Å². The molecule has 6 heteroatoms. The summed E-state index contributed by atoms with van der Waals surface area (Å²) >= 11 is 0. The number of halogens is 3. The molecule has 1 rings (SSSR count). The molecule has 0 aromatic heterocycles. The standard InChI is InChI=1S/C9H10BF3NO/c1-14-9(15)8-4-2-7(3-5-8)6-10(11,12)13/h2-5H,6H2,1H3,(H,14,15)/q-1. The van der Waals surface area contributed by atoms with Gasteiger partial charge in [-0.3, -0.25) is 4.79 Å². The SMILES string of the molecule is CNC(=O)c1ccc(C[B-](F)(F)F)cc1. The molecule has 0 fully saturated rings. The first-order valence-electron chi connectivity index (χ1n) is 4.44. The topological polar surface area (TPSA) is 29.1 Å². The van der Waals surface area contributed by atoms with Crippen LogP contribution in [0, 0.1) is 0 Å². The van der Waals surface area contributed by atoms with Crippen LogP contribution in [0.2, 0.25) is 0 Å². The quantitative estimate of drug-likeness (QED) is 0.769. The van der Waals surface area contributed by atoms with E-state index in [4.69, 9.17) is 0 Å². The van der Waals surface area contributed by atoms with Gasteiger partial charge in [-0.05, 0) is 12.1 Å². The number of amides is 1. The normalized spacial score (nSPS) is 11.2. The van der Waals surface area contributed by atoms with Crippen LogP contribution < -0.4 is 5.32 Å². The summed E-state index contributed by atoms with van der Waals surface area (Å²) in [5, 5.41) is 2.39. The second kappa shape index (κ2) is 4.38. The minimum atomic E-state index is -4.82. The summed E-state index contributed by atoms with van der Waals surface area (Å²) in [5.74, 6) is -0.306. The van der Waals surface area contributed by atoms with Crippen LogP contribution in [0.4, 0.5) is 12.9 Å². The lowest BCUT2D eigenvalue weighted by Gasteiger charge is -2.13. The maximum atomic E-state index is 12.0. The molecule has 0 spiro atoms. The van der Waals surface area contributed by atoms with E-state index in [0.29, 0.717) is 5.56 Å². The van der Waals surface area contributed by atoms with Crippen LogP contribution in [-0.4, -0.2) is 19.9 Å². The van der Waals surface area contributed by atoms with E-state index in [0.717, 1.165) is 0 Å². The summed E-state index contributed by atoms with van der Waals surface area (Å²) in [4.78, 5) is 11.1. The predicted octanol–water partition coefficient (Wildman–Crippen LogP) is 1.98. The molecule has 0 atom stereocenters. The van der Waals surface area contributed by atoms with Crippen LogP contribution >= 0.6 is 0 Å². The van der Waals surface area contributed by atoms with Crippen molar-refractivity contribution in [2.75, 3.05) is 7.05 Å². The molecule has 0 heterocycles. The largest absolute Gasteiger partial charge is 0.482 e. The summed E-state index contributed by atoms with van der Waals surface area (Å²) in [6, 6.07) is 5.41. The lowest BCUT2D eigenvalue weighted by molar-refractivity contribution is 0.0963. The fourth-order valence-corrected chi connectivity index (χ4v) is 1.20. The number of benzene rings is 1. The Kier molecular flexibility index (Phi) is 3.39. The Morgan fingerprint density at radius 3 is 2.20 bits per heavy atom. The zero-order valence-electron chi connectivity index (χ0n) is 8.14. The van der Waals surface area contributed by atoms with Gasteiger partial charge in [-0.2, -0.15) is 0 Å². The molecule has 82 valence electrons. The van der Waals surface area contributed by atoms with Crippen molar-refractivity contribution in [1.29, 1.82) is 0 Å². The fourth-order valence-electron chi connectivity index (χ4n) is 1.20. The van der Waals surface area contributed by atoms with Crippen molar-refractivity contribution in [3.63, 3.8) is 0 Å². The van der Waals surface area contributed by atoms with E-state index in [1.54, 1.807) is 0 Å². The van der Waals surface area contributed by atoms with Crippen LogP contribution in [0.5, 0.6) is 0 Å². The van der Waals surface area contributed by atoms with Crippen molar-refractivity contribution in [2.24, 2.45) is 0 Å². The van der Waals surface area contributed by atoms with Crippen LogP contribution in [0.3, 0.4) is 0 Å². The lowest BCUT2D eigenvalue weighted by Crippen LogP contribution is -2.20. The molecular formula is C9H10BF3NO-. The van der Waals surface area contributed by atoms with E-state index in [1.165, 1.54) is 31.3 Å². The molecule has 0 bridgehead atoms. The highest BCUT2D eigenvalue weighted by molar-refractivity contribution is 6.57. The Morgan fingerprint density at radius 2 is 1.80 bits per heavy atom. The third-order valence-corrected chi connectivity index (χ3v) is 1.91. The molecule has 1 amide bonds. The molecule has 0 saturated heterocycles. The van der Waals surface area contributed by atoms with Gasteiger partial charge in [0.2, 0.25) is 0 Å². The molecule has 1 aromatic carbocycles. The second-order valence-electron chi connectivity index (χ2n) is 3.19. The molecule has 0 aliphatic carbocycles. The average molecular weight is 216 g/mol. The van der Waals surface area contributed by atoms with E-state index in [2.05, 4.69) is 5.32 Å². The molecule has 0 radical (unpaired) electrons. The number of hydrogen-bond acceptors (Lipinski definition) is 1. The fraction of sp³-hybridized carbons (Fsp3) is 0.222. The van der Waals surface area contributed by atoms with Gasteiger partial charge < -0.3 is 18.3 Å². The van der Waals surface area contributed by atoms with E-state index in [-0.39, 0.29) is 11.5 Å². The summed E-state index contributed by atoms with van der Waals surface area (Å²) in [5.41, 5.74) is 0.533. The van der Waals surface area contributed by atoms with Gasteiger partial charge in [0.25, 0.3) is 5.91 Å². The average Bonchev–Trinajstić information content (AvgIpc) is 2.15. The predicted molar refractivity (Wildman–Crippen MR) is 52.6 cm³/mol. The van der Waals surface area contributed by atoms with E-state index >= 15 is 0 Å². The Bertz CT molecular complexity index is 347. The lowest BCUT2D eigenvalue weighted by atomic mass is 9.82. The van der Waals surface area contributed by atoms with Gasteiger partial charge in [-0.1, -0.05) is 24.0 Å². The first-order valence-corrected chi connectivity index (χ1v) is 4.44. The van der Waals surface area contributed by atoms with Gasteiger partial charge >= 0.3 is 6.98 Å². The molecule has 0 aliphatic rings. The second-order valence-corrected chi connectivity index (χ2v) is 3.19. The molecule has 0 unspecified atom stereocenters.